The highest BCUT2D eigenvalue weighted by Gasteiger charge is 2.47. The summed E-state index contributed by atoms with van der Waals surface area (Å²) in [6.45, 7) is 0. The first-order valence-corrected chi connectivity index (χ1v) is 7.15. The largest absolute Gasteiger partial charge is 0.497 e. The lowest BCUT2D eigenvalue weighted by Crippen LogP contribution is -1.99. The maximum absolute atomic E-state index is 6.01. The van der Waals surface area contributed by atoms with Gasteiger partial charge in [-0.05, 0) is 48.8 Å². The molecule has 1 aromatic heterocycles. The molecule has 4 heteroatoms. The highest BCUT2D eigenvalue weighted by molar-refractivity contribution is 5.76. The summed E-state index contributed by atoms with van der Waals surface area (Å²) in [6, 6.07) is 7.92. The number of fused-ring (bicyclic) bond motifs is 1. The number of benzene rings is 1. The Balaban J connectivity index is 1.74. The van der Waals surface area contributed by atoms with Gasteiger partial charge in [0.15, 0.2) is 0 Å². The van der Waals surface area contributed by atoms with Crippen LogP contribution in [0.3, 0.4) is 0 Å². The molecule has 2 aliphatic carbocycles. The summed E-state index contributed by atoms with van der Waals surface area (Å²) in [5.74, 6) is 3.56. The van der Waals surface area contributed by atoms with Gasteiger partial charge in [0.05, 0.1) is 18.4 Å². The van der Waals surface area contributed by atoms with Crippen molar-refractivity contribution >= 4 is 5.88 Å². The first-order valence-electron chi connectivity index (χ1n) is 7.15. The minimum atomic E-state index is 0.411. The van der Waals surface area contributed by atoms with Crippen molar-refractivity contribution in [2.45, 2.75) is 25.2 Å². The van der Waals surface area contributed by atoms with Crippen LogP contribution in [0.1, 0.15) is 30.9 Å². The van der Waals surface area contributed by atoms with E-state index < -0.39 is 0 Å². The molecule has 0 bridgehead atoms. The fourth-order valence-electron chi connectivity index (χ4n) is 3.60. The molecule has 104 valence electrons. The Morgan fingerprint density at radius 1 is 1.25 bits per heavy atom. The summed E-state index contributed by atoms with van der Waals surface area (Å²) in [6.07, 6.45) is 3.86. The predicted molar refractivity (Wildman–Crippen MR) is 76.5 cm³/mol. The van der Waals surface area contributed by atoms with Gasteiger partial charge < -0.3 is 15.0 Å². The van der Waals surface area contributed by atoms with E-state index in [0.29, 0.717) is 11.8 Å². The van der Waals surface area contributed by atoms with E-state index in [4.69, 9.17) is 15.0 Å². The zero-order chi connectivity index (χ0) is 13.7. The van der Waals surface area contributed by atoms with Gasteiger partial charge in [0.2, 0.25) is 5.88 Å². The lowest BCUT2D eigenvalue weighted by atomic mass is 9.93. The maximum Gasteiger partial charge on any atom is 0.230 e. The monoisotopic (exact) mass is 270 g/mol. The summed E-state index contributed by atoms with van der Waals surface area (Å²) < 4.78 is 10.6. The number of methoxy groups -OCH3 is 1. The van der Waals surface area contributed by atoms with E-state index in [0.717, 1.165) is 34.4 Å². The Hall–Kier alpha value is -1.97. The highest BCUT2D eigenvalue weighted by atomic mass is 16.5. The van der Waals surface area contributed by atoms with Crippen LogP contribution in [0, 0.1) is 11.8 Å². The molecular weight excluding hydrogens is 252 g/mol. The second kappa shape index (κ2) is 4.27. The quantitative estimate of drug-likeness (QED) is 0.928. The summed E-state index contributed by atoms with van der Waals surface area (Å²) in [7, 11) is 1.67. The fraction of sp³-hybridized carbons (Fsp3) is 0.438. The van der Waals surface area contributed by atoms with E-state index in [-0.39, 0.29) is 0 Å². The molecule has 20 heavy (non-hydrogen) atoms. The maximum atomic E-state index is 6.01. The van der Waals surface area contributed by atoms with Crippen LogP contribution in [0.25, 0.3) is 11.1 Å². The Morgan fingerprint density at radius 3 is 2.80 bits per heavy atom. The Bertz CT molecular complexity index is 640. The number of hydrogen-bond donors (Lipinski definition) is 1. The Kier molecular flexibility index (Phi) is 2.52. The van der Waals surface area contributed by atoms with Gasteiger partial charge in [0.1, 0.15) is 5.75 Å². The number of aromatic nitrogens is 1. The Morgan fingerprint density at radius 2 is 2.05 bits per heavy atom. The minimum absolute atomic E-state index is 0.411. The smallest absolute Gasteiger partial charge is 0.230 e. The molecule has 1 heterocycles. The molecule has 1 aromatic carbocycles. The summed E-state index contributed by atoms with van der Waals surface area (Å²) in [5, 5.41) is 4.24. The molecule has 0 saturated heterocycles. The van der Waals surface area contributed by atoms with Gasteiger partial charge in [-0.3, -0.25) is 0 Å². The van der Waals surface area contributed by atoms with E-state index in [1.54, 1.807) is 7.11 Å². The van der Waals surface area contributed by atoms with Crippen LogP contribution in [0.5, 0.6) is 5.75 Å². The third kappa shape index (κ3) is 1.79. The molecule has 0 amide bonds. The number of hydrogen-bond acceptors (Lipinski definition) is 4. The van der Waals surface area contributed by atoms with Crippen molar-refractivity contribution in [1.29, 1.82) is 0 Å². The van der Waals surface area contributed by atoms with E-state index >= 15 is 0 Å². The molecule has 0 aliphatic heterocycles. The molecule has 2 unspecified atom stereocenters. The van der Waals surface area contributed by atoms with Crippen molar-refractivity contribution in [3.05, 3.63) is 30.0 Å². The first-order chi connectivity index (χ1) is 9.76. The zero-order valence-corrected chi connectivity index (χ0v) is 11.5. The number of nitrogens with two attached hydrogens (primary N) is 1. The van der Waals surface area contributed by atoms with Crippen LogP contribution in [-0.2, 0) is 0 Å². The van der Waals surface area contributed by atoms with Crippen molar-refractivity contribution < 1.29 is 9.26 Å². The van der Waals surface area contributed by atoms with Crippen molar-refractivity contribution in [1.82, 2.24) is 5.16 Å². The van der Waals surface area contributed by atoms with Crippen molar-refractivity contribution in [2.24, 2.45) is 11.8 Å². The number of anilines is 1. The molecule has 4 nitrogen and oxygen atoms in total. The summed E-state index contributed by atoms with van der Waals surface area (Å²) in [5.41, 5.74) is 9.02. The summed E-state index contributed by atoms with van der Waals surface area (Å²) in [4.78, 5) is 0. The van der Waals surface area contributed by atoms with Crippen LogP contribution in [0.15, 0.2) is 28.8 Å². The zero-order valence-electron chi connectivity index (χ0n) is 11.5. The topological polar surface area (TPSA) is 61.3 Å². The fourth-order valence-corrected chi connectivity index (χ4v) is 3.60. The van der Waals surface area contributed by atoms with Gasteiger partial charge in [-0.25, -0.2) is 0 Å². The molecule has 2 fully saturated rings. The molecule has 0 spiro atoms. The lowest BCUT2D eigenvalue weighted by Gasteiger charge is -2.11. The van der Waals surface area contributed by atoms with Gasteiger partial charge in [-0.1, -0.05) is 17.3 Å². The number of rotatable bonds is 3. The van der Waals surface area contributed by atoms with Crippen LogP contribution >= 0.6 is 0 Å². The number of nitrogen functional groups attached to an aromatic ring is 1. The van der Waals surface area contributed by atoms with Crippen LogP contribution in [0.2, 0.25) is 0 Å². The Labute approximate surface area is 117 Å². The average molecular weight is 270 g/mol. The molecule has 4 rings (SSSR count). The molecule has 2 aliphatic rings. The van der Waals surface area contributed by atoms with E-state index in [9.17, 15) is 0 Å². The first kappa shape index (κ1) is 11.8. The SMILES string of the molecule is COc1cccc(-c2c(C3CC4CC4C3)noc2N)c1. The molecule has 2 atom stereocenters. The standard InChI is InChI=1S/C16H18N2O2/c1-19-13-4-2-3-9(8-13)14-15(18-20-16(14)17)12-6-10-5-11(10)7-12/h2-4,8,10-12H,5-7,17H2,1H3. The second-order valence-corrected chi connectivity index (χ2v) is 5.96. The van der Waals surface area contributed by atoms with Gasteiger partial charge in [-0.2, -0.15) is 0 Å². The predicted octanol–water partition coefficient (Wildman–Crippen LogP) is 3.45. The molecule has 2 N–H and O–H groups in total. The second-order valence-electron chi connectivity index (χ2n) is 5.96. The van der Waals surface area contributed by atoms with Crippen molar-refractivity contribution in [2.75, 3.05) is 12.8 Å². The van der Waals surface area contributed by atoms with Crippen LogP contribution in [-0.4, -0.2) is 12.3 Å². The minimum Gasteiger partial charge on any atom is -0.497 e. The average Bonchev–Trinajstić information content (AvgIpc) is 2.91. The van der Waals surface area contributed by atoms with Crippen molar-refractivity contribution in [3.63, 3.8) is 0 Å². The van der Waals surface area contributed by atoms with Crippen LogP contribution < -0.4 is 10.5 Å². The molecule has 2 saturated carbocycles. The van der Waals surface area contributed by atoms with Gasteiger partial charge in [0, 0.05) is 5.92 Å². The lowest BCUT2D eigenvalue weighted by molar-refractivity contribution is 0.415. The van der Waals surface area contributed by atoms with E-state index in [1.165, 1.54) is 19.3 Å². The number of ether oxygens (including phenoxy) is 1. The van der Waals surface area contributed by atoms with Crippen molar-refractivity contribution in [3.8, 4) is 16.9 Å². The summed E-state index contributed by atoms with van der Waals surface area (Å²) >= 11 is 0. The highest BCUT2D eigenvalue weighted by Crippen LogP contribution is 2.58. The number of nitrogens with zero attached hydrogens (tertiary/aromatic N) is 1. The van der Waals surface area contributed by atoms with Gasteiger partial charge in [0.25, 0.3) is 0 Å². The van der Waals surface area contributed by atoms with E-state index in [2.05, 4.69) is 5.16 Å². The van der Waals surface area contributed by atoms with Crippen LogP contribution in [0.4, 0.5) is 5.88 Å². The van der Waals surface area contributed by atoms with Gasteiger partial charge in [-0.15, -0.1) is 0 Å². The third-order valence-corrected chi connectivity index (χ3v) is 4.73. The molecule has 2 aromatic rings. The molecule has 0 radical (unpaired) electrons. The van der Waals surface area contributed by atoms with Gasteiger partial charge >= 0.3 is 0 Å². The third-order valence-electron chi connectivity index (χ3n) is 4.73. The van der Waals surface area contributed by atoms with E-state index in [1.807, 2.05) is 24.3 Å². The normalized spacial score (nSPS) is 27.4. The molecular formula is C16H18N2O2.